The molecule has 0 aliphatic carbocycles. The van der Waals surface area contributed by atoms with E-state index in [1.165, 1.54) is 0 Å². The summed E-state index contributed by atoms with van der Waals surface area (Å²) in [6, 6.07) is 5.52. The molecule has 1 aromatic heterocycles. The van der Waals surface area contributed by atoms with Gasteiger partial charge in [0.1, 0.15) is 0 Å². The van der Waals surface area contributed by atoms with Gasteiger partial charge in [0.25, 0.3) is 0 Å². The van der Waals surface area contributed by atoms with Crippen molar-refractivity contribution in [2.24, 2.45) is 0 Å². The number of benzene rings is 1. The molecular formula is C13H10BrNO3. The van der Waals surface area contributed by atoms with Gasteiger partial charge in [0, 0.05) is 27.5 Å². The largest absolute Gasteiger partial charge is 0.478 e. The zero-order chi connectivity index (χ0) is 12.7. The highest BCUT2D eigenvalue weighted by Crippen LogP contribution is 2.31. The minimum Gasteiger partial charge on any atom is -0.478 e. The third-order valence-electron chi connectivity index (χ3n) is 3.09. The number of ether oxygens (including phenoxy) is 1. The number of nitrogens with zero attached hydrogens (tertiary/aromatic N) is 1. The van der Waals surface area contributed by atoms with E-state index < -0.39 is 5.97 Å². The predicted octanol–water partition coefficient (Wildman–Crippen LogP) is 2.77. The van der Waals surface area contributed by atoms with Gasteiger partial charge in [-0.3, -0.25) is 4.98 Å². The van der Waals surface area contributed by atoms with Crippen LogP contribution in [0.15, 0.2) is 22.7 Å². The van der Waals surface area contributed by atoms with Crippen LogP contribution >= 0.6 is 15.9 Å². The molecular weight excluding hydrogens is 298 g/mol. The molecule has 5 heteroatoms. The summed E-state index contributed by atoms with van der Waals surface area (Å²) in [4.78, 5) is 16.1. The molecule has 0 amide bonds. The molecule has 2 heterocycles. The molecule has 0 radical (unpaired) electrons. The fourth-order valence-corrected chi connectivity index (χ4v) is 2.86. The number of hydrogen-bond acceptors (Lipinski definition) is 3. The van der Waals surface area contributed by atoms with Crippen LogP contribution in [-0.4, -0.2) is 22.7 Å². The third kappa shape index (κ3) is 1.71. The number of pyridine rings is 1. The van der Waals surface area contributed by atoms with E-state index in [9.17, 15) is 9.90 Å². The van der Waals surface area contributed by atoms with E-state index >= 15 is 0 Å². The highest BCUT2D eigenvalue weighted by Gasteiger charge is 2.23. The van der Waals surface area contributed by atoms with Crippen LogP contribution < -0.4 is 0 Å². The molecule has 0 spiro atoms. The van der Waals surface area contributed by atoms with Crippen molar-refractivity contribution in [1.82, 2.24) is 4.98 Å². The van der Waals surface area contributed by atoms with Crippen molar-refractivity contribution in [2.45, 2.75) is 13.0 Å². The predicted molar refractivity (Wildman–Crippen MR) is 69.8 cm³/mol. The van der Waals surface area contributed by atoms with Crippen LogP contribution in [0.5, 0.6) is 0 Å². The van der Waals surface area contributed by atoms with Crippen LogP contribution in [0.3, 0.4) is 0 Å². The first kappa shape index (κ1) is 11.6. The van der Waals surface area contributed by atoms with E-state index in [4.69, 9.17) is 4.74 Å². The average Bonchev–Trinajstić information content (AvgIpc) is 2.36. The van der Waals surface area contributed by atoms with Crippen molar-refractivity contribution in [1.29, 1.82) is 0 Å². The van der Waals surface area contributed by atoms with E-state index in [1.54, 1.807) is 0 Å². The van der Waals surface area contributed by atoms with Gasteiger partial charge in [0.15, 0.2) is 0 Å². The second-order valence-electron chi connectivity index (χ2n) is 4.15. The van der Waals surface area contributed by atoms with E-state index in [-0.39, 0.29) is 0 Å². The molecule has 1 N–H and O–H groups in total. The molecule has 4 nitrogen and oxygen atoms in total. The molecule has 2 aromatic rings. The number of aromatic nitrogens is 1. The number of fused-ring (bicyclic) bond motifs is 2. The van der Waals surface area contributed by atoms with Gasteiger partial charge >= 0.3 is 5.97 Å². The van der Waals surface area contributed by atoms with Crippen molar-refractivity contribution in [3.63, 3.8) is 0 Å². The molecule has 0 saturated heterocycles. The quantitative estimate of drug-likeness (QED) is 0.880. The van der Waals surface area contributed by atoms with Crippen molar-refractivity contribution in [2.75, 3.05) is 6.61 Å². The van der Waals surface area contributed by atoms with Crippen molar-refractivity contribution >= 4 is 32.8 Å². The molecule has 0 atom stereocenters. The monoisotopic (exact) mass is 307 g/mol. The fraction of sp³-hybridized carbons (Fsp3) is 0.231. The van der Waals surface area contributed by atoms with Crippen LogP contribution in [0.2, 0.25) is 0 Å². The van der Waals surface area contributed by atoms with Crippen molar-refractivity contribution < 1.29 is 14.6 Å². The Morgan fingerprint density at radius 2 is 2.28 bits per heavy atom. The number of carboxylic acids is 1. The third-order valence-corrected chi connectivity index (χ3v) is 3.75. The lowest BCUT2D eigenvalue weighted by molar-refractivity contribution is 0.0683. The van der Waals surface area contributed by atoms with Gasteiger partial charge in [-0.05, 0) is 12.1 Å². The summed E-state index contributed by atoms with van der Waals surface area (Å²) in [5.74, 6) is -0.934. The van der Waals surface area contributed by atoms with Crippen molar-refractivity contribution in [3.05, 3.63) is 39.5 Å². The zero-order valence-corrected chi connectivity index (χ0v) is 11.0. The molecule has 18 heavy (non-hydrogen) atoms. The van der Waals surface area contributed by atoms with Gasteiger partial charge in [0.2, 0.25) is 0 Å². The highest BCUT2D eigenvalue weighted by molar-refractivity contribution is 9.10. The van der Waals surface area contributed by atoms with Crippen LogP contribution in [0.1, 0.15) is 21.6 Å². The molecule has 0 fully saturated rings. The normalized spacial score (nSPS) is 14.5. The van der Waals surface area contributed by atoms with Crippen LogP contribution in [0, 0.1) is 0 Å². The van der Waals surface area contributed by atoms with Gasteiger partial charge in [-0.15, -0.1) is 0 Å². The summed E-state index contributed by atoms with van der Waals surface area (Å²) in [6.45, 7) is 0.916. The first-order chi connectivity index (χ1) is 8.68. The second-order valence-corrected chi connectivity index (χ2v) is 5.01. The number of halogens is 1. The molecule has 1 aliphatic rings. The lowest BCUT2D eigenvalue weighted by Gasteiger charge is -2.19. The Labute approximate surface area is 112 Å². The Bertz CT molecular complexity index is 654. The SMILES string of the molecule is O=C(O)c1c2c(nc3cccc(Br)c13)CCOC2. The van der Waals surface area contributed by atoms with E-state index in [0.29, 0.717) is 41.7 Å². The maximum atomic E-state index is 11.5. The molecule has 0 unspecified atom stereocenters. The summed E-state index contributed by atoms with van der Waals surface area (Å²) < 4.78 is 6.11. The van der Waals surface area contributed by atoms with E-state index in [0.717, 1.165) is 10.2 Å². The molecule has 3 rings (SSSR count). The Hall–Kier alpha value is -1.46. The summed E-state index contributed by atoms with van der Waals surface area (Å²) in [6.07, 6.45) is 0.665. The summed E-state index contributed by atoms with van der Waals surface area (Å²) in [7, 11) is 0. The summed E-state index contributed by atoms with van der Waals surface area (Å²) in [5.41, 5.74) is 2.56. The smallest absolute Gasteiger partial charge is 0.336 e. The topological polar surface area (TPSA) is 59.4 Å². The average molecular weight is 308 g/mol. The molecule has 0 bridgehead atoms. The van der Waals surface area contributed by atoms with Crippen molar-refractivity contribution in [3.8, 4) is 0 Å². The summed E-state index contributed by atoms with van der Waals surface area (Å²) >= 11 is 3.40. The second kappa shape index (κ2) is 4.33. The zero-order valence-electron chi connectivity index (χ0n) is 9.44. The van der Waals surface area contributed by atoms with Crippen LogP contribution in [-0.2, 0) is 17.8 Å². The lowest BCUT2D eigenvalue weighted by atomic mass is 9.98. The highest BCUT2D eigenvalue weighted by atomic mass is 79.9. The fourth-order valence-electron chi connectivity index (χ4n) is 2.30. The number of rotatable bonds is 1. The number of carbonyl (C=O) groups is 1. The maximum Gasteiger partial charge on any atom is 0.336 e. The van der Waals surface area contributed by atoms with E-state index in [2.05, 4.69) is 20.9 Å². The molecule has 92 valence electrons. The van der Waals surface area contributed by atoms with Gasteiger partial charge in [-0.1, -0.05) is 22.0 Å². The van der Waals surface area contributed by atoms with Crippen LogP contribution in [0.25, 0.3) is 10.9 Å². The Balaban J connectivity index is 2.45. The first-order valence-corrected chi connectivity index (χ1v) is 6.39. The standard InChI is InChI=1S/C13H10BrNO3/c14-8-2-1-3-10-12(8)11(13(16)17)7-6-18-5-4-9(7)15-10/h1-3H,4-6H2,(H,16,17). The minimum atomic E-state index is -0.934. The van der Waals surface area contributed by atoms with Gasteiger partial charge < -0.3 is 9.84 Å². The maximum absolute atomic E-state index is 11.5. The lowest BCUT2D eigenvalue weighted by Crippen LogP contribution is -2.17. The number of carboxylic acid groups (broad SMARTS) is 1. The molecule has 1 aromatic carbocycles. The summed E-state index contributed by atoms with van der Waals surface area (Å²) in [5, 5.41) is 10.1. The van der Waals surface area contributed by atoms with Gasteiger partial charge in [0.05, 0.1) is 24.3 Å². The van der Waals surface area contributed by atoms with Gasteiger partial charge in [-0.25, -0.2) is 4.79 Å². The van der Waals surface area contributed by atoms with Crippen LogP contribution in [0.4, 0.5) is 0 Å². The number of aromatic carboxylic acids is 1. The molecule has 0 saturated carbocycles. The first-order valence-electron chi connectivity index (χ1n) is 5.59. The Kier molecular flexibility index (Phi) is 2.80. The van der Waals surface area contributed by atoms with Gasteiger partial charge in [-0.2, -0.15) is 0 Å². The molecule has 1 aliphatic heterocycles. The number of hydrogen-bond donors (Lipinski definition) is 1. The Morgan fingerprint density at radius 1 is 1.44 bits per heavy atom. The minimum absolute atomic E-state index is 0.308. The Morgan fingerprint density at radius 3 is 3.06 bits per heavy atom. The van der Waals surface area contributed by atoms with E-state index in [1.807, 2.05) is 18.2 Å².